The molecule has 0 aliphatic heterocycles. The van der Waals surface area contributed by atoms with E-state index in [9.17, 15) is 4.39 Å². The Hall–Kier alpha value is -1.44. The average molecular weight is 175 g/mol. The van der Waals surface area contributed by atoms with Crippen LogP contribution in [0.4, 0.5) is 4.39 Å². The second-order valence-electron chi connectivity index (χ2n) is 3.25. The van der Waals surface area contributed by atoms with Gasteiger partial charge in [0, 0.05) is 5.39 Å². The van der Waals surface area contributed by atoms with Crippen molar-refractivity contribution in [2.45, 2.75) is 13.8 Å². The van der Waals surface area contributed by atoms with E-state index in [-0.39, 0.29) is 5.82 Å². The molecule has 1 aromatic heterocycles. The van der Waals surface area contributed by atoms with Gasteiger partial charge in [-0.25, -0.2) is 4.39 Å². The first kappa shape index (κ1) is 8.17. The molecular formula is C11H10FN. The van der Waals surface area contributed by atoms with Gasteiger partial charge in [0.2, 0.25) is 0 Å². The van der Waals surface area contributed by atoms with Crippen molar-refractivity contribution in [2.75, 3.05) is 0 Å². The van der Waals surface area contributed by atoms with Crippen molar-refractivity contribution in [3.8, 4) is 0 Å². The van der Waals surface area contributed by atoms with Gasteiger partial charge in [0.05, 0.1) is 11.7 Å². The smallest absolute Gasteiger partial charge is 0.145 e. The molecular weight excluding hydrogens is 165 g/mol. The molecule has 0 atom stereocenters. The topological polar surface area (TPSA) is 12.9 Å². The van der Waals surface area contributed by atoms with Crippen LogP contribution in [0.15, 0.2) is 24.4 Å². The Morgan fingerprint density at radius 1 is 1.23 bits per heavy atom. The summed E-state index contributed by atoms with van der Waals surface area (Å²) in [5.41, 5.74) is 2.68. The van der Waals surface area contributed by atoms with Crippen LogP contribution in [0.25, 0.3) is 10.9 Å². The van der Waals surface area contributed by atoms with Crippen LogP contribution in [0.5, 0.6) is 0 Å². The molecule has 2 heteroatoms. The average Bonchev–Trinajstić information content (AvgIpc) is 2.12. The van der Waals surface area contributed by atoms with E-state index in [1.807, 2.05) is 25.1 Å². The van der Waals surface area contributed by atoms with Crippen molar-refractivity contribution in [2.24, 2.45) is 0 Å². The van der Waals surface area contributed by atoms with Crippen molar-refractivity contribution in [3.05, 3.63) is 41.3 Å². The minimum absolute atomic E-state index is 0.239. The van der Waals surface area contributed by atoms with Crippen LogP contribution in [-0.2, 0) is 0 Å². The zero-order valence-corrected chi connectivity index (χ0v) is 7.63. The van der Waals surface area contributed by atoms with E-state index in [0.717, 1.165) is 16.5 Å². The van der Waals surface area contributed by atoms with Gasteiger partial charge in [-0.1, -0.05) is 12.1 Å². The summed E-state index contributed by atoms with van der Waals surface area (Å²) in [7, 11) is 0. The fourth-order valence-corrected chi connectivity index (χ4v) is 1.42. The predicted octanol–water partition coefficient (Wildman–Crippen LogP) is 2.99. The van der Waals surface area contributed by atoms with Gasteiger partial charge in [-0.2, -0.15) is 0 Å². The van der Waals surface area contributed by atoms with E-state index in [2.05, 4.69) is 4.98 Å². The summed E-state index contributed by atoms with van der Waals surface area (Å²) in [5, 5.41) is 0.894. The van der Waals surface area contributed by atoms with Crippen LogP contribution >= 0.6 is 0 Å². The highest BCUT2D eigenvalue weighted by atomic mass is 19.1. The van der Waals surface area contributed by atoms with E-state index in [1.165, 1.54) is 6.20 Å². The third kappa shape index (κ3) is 1.28. The number of aromatic nitrogens is 1. The van der Waals surface area contributed by atoms with Gasteiger partial charge in [0.25, 0.3) is 0 Å². The Bertz CT molecular complexity index is 463. The molecule has 2 aromatic rings. The summed E-state index contributed by atoms with van der Waals surface area (Å²) < 4.78 is 13.1. The first-order valence-electron chi connectivity index (χ1n) is 4.20. The lowest BCUT2D eigenvalue weighted by Gasteiger charge is -2.02. The maximum atomic E-state index is 13.1. The lowest BCUT2D eigenvalue weighted by Crippen LogP contribution is -1.88. The molecule has 66 valence electrons. The SMILES string of the molecule is Cc1ccc2c(C)c(F)cnc2c1. The number of halogens is 1. The summed E-state index contributed by atoms with van der Waals surface area (Å²) in [6, 6.07) is 5.84. The number of rotatable bonds is 0. The van der Waals surface area contributed by atoms with Gasteiger partial charge in [-0.3, -0.25) is 4.98 Å². The Balaban J connectivity index is 2.87. The van der Waals surface area contributed by atoms with Gasteiger partial charge >= 0.3 is 0 Å². The summed E-state index contributed by atoms with van der Waals surface area (Å²) in [6.07, 6.45) is 1.27. The molecule has 0 amide bonds. The maximum absolute atomic E-state index is 13.1. The van der Waals surface area contributed by atoms with Crippen LogP contribution in [0, 0.1) is 19.7 Å². The second kappa shape index (κ2) is 2.80. The third-order valence-electron chi connectivity index (χ3n) is 2.23. The second-order valence-corrected chi connectivity index (χ2v) is 3.25. The molecule has 0 unspecified atom stereocenters. The van der Waals surface area contributed by atoms with Gasteiger partial charge in [-0.15, -0.1) is 0 Å². The molecule has 2 rings (SSSR count). The molecule has 0 N–H and O–H groups in total. The van der Waals surface area contributed by atoms with Crippen molar-refractivity contribution in [3.63, 3.8) is 0 Å². The van der Waals surface area contributed by atoms with Crippen LogP contribution in [0.1, 0.15) is 11.1 Å². The van der Waals surface area contributed by atoms with Gasteiger partial charge in [0.1, 0.15) is 5.82 Å². The predicted molar refractivity (Wildman–Crippen MR) is 51.2 cm³/mol. The highest BCUT2D eigenvalue weighted by Gasteiger charge is 2.03. The van der Waals surface area contributed by atoms with Crippen molar-refractivity contribution in [1.29, 1.82) is 0 Å². The van der Waals surface area contributed by atoms with Gasteiger partial charge in [-0.05, 0) is 31.0 Å². The third-order valence-corrected chi connectivity index (χ3v) is 2.23. The summed E-state index contributed by atoms with van der Waals surface area (Å²) in [5.74, 6) is -0.239. The van der Waals surface area contributed by atoms with Crippen LogP contribution in [-0.4, -0.2) is 4.98 Å². The standard InChI is InChI=1S/C11H10FN/c1-7-3-4-9-8(2)10(12)6-13-11(9)5-7/h3-6H,1-2H3. The molecule has 1 aromatic carbocycles. The van der Waals surface area contributed by atoms with Crippen LogP contribution < -0.4 is 0 Å². The number of fused-ring (bicyclic) bond motifs is 1. The molecule has 1 heterocycles. The summed E-state index contributed by atoms with van der Waals surface area (Å²) in [4.78, 5) is 4.03. The summed E-state index contributed by atoms with van der Waals surface area (Å²) in [6.45, 7) is 3.77. The number of benzene rings is 1. The fraction of sp³-hybridized carbons (Fsp3) is 0.182. The monoisotopic (exact) mass is 175 g/mol. The lowest BCUT2D eigenvalue weighted by atomic mass is 10.1. The van der Waals surface area contributed by atoms with Gasteiger partial charge in [0.15, 0.2) is 0 Å². The number of pyridine rings is 1. The maximum Gasteiger partial charge on any atom is 0.145 e. The highest BCUT2D eigenvalue weighted by Crippen LogP contribution is 2.19. The molecule has 13 heavy (non-hydrogen) atoms. The Morgan fingerprint density at radius 3 is 2.77 bits per heavy atom. The first-order valence-corrected chi connectivity index (χ1v) is 4.20. The van der Waals surface area contributed by atoms with E-state index in [0.29, 0.717) is 5.56 Å². The van der Waals surface area contributed by atoms with Crippen LogP contribution in [0.3, 0.4) is 0 Å². The minimum atomic E-state index is -0.239. The van der Waals surface area contributed by atoms with Crippen molar-refractivity contribution in [1.82, 2.24) is 4.98 Å². The number of nitrogens with zero attached hydrogens (tertiary/aromatic N) is 1. The molecule has 0 saturated heterocycles. The molecule has 0 bridgehead atoms. The van der Waals surface area contributed by atoms with Crippen molar-refractivity contribution < 1.29 is 4.39 Å². The molecule has 0 spiro atoms. The van der Waals surface area contributed by atoms with E-state index in [4.69, 9.17) is 0 Å². The molecule has 0 aliphatic carbocycles. The Kier molecular flexibility index (Phi) is 1.76. The largest absolute Gasteiger partial charge is 0.253 e. The zero-order chi connectivity index (χ0) is 9.42. The number of hydrogen-bond donors (Lipinski definition) is 0. The summed E-state index contributed by atoms with van der Waals surface area (Å²) >= 11 is 0. The Labute approximate surface area is 76.2 Å². The van der Waals surface area contributed by atoms with Crippen molar-refractivity contribution >= 4 is 10.9 Å². The molecule has 0 aliphatic rings. The van der Waals surface area contributed by atoms with Crippen LogP contribution in [0.2, 0.25) is 0 Å². The molecule has 0 radical (unpaired) electrons. The van der Waals surface area contributed by atoms with Gasteiger partial charge < -0.3 is 0 Å². The lowest BCUT2D eigenvalue weighted by molar-refractivity contribution is 0.615. The zero-order valence-electron chi connectivity index (χ0n) is 7.63. The number of aryl methyl sites for hydroxylation is 2. The first-order chi connectivity index (χ1) is 6.18. The minimum Gasteiger partial charge on any atom is -0.253 e. The highest BCUT2D eigenvalue weighted by molar-refractivity contribution is 5.82. The van der Waals surface area contributed by atoms with E-state index in [1.54, 1.807) is 6.92 Å². The fourth-order valence-electron chi connectivity index (χ4n) is 1.42. The number of hydrogen-bond acceptors (Lipinski definition) is 1. The molecule has 1 nitrogen and oxygen atoms in total. The van der Waals surface area contributed by atoms with E-state index >= 15 is 0 Å². The quantitative estimate of drug-likeness (QED) is 0.599. The Morgan fingerprint density at radius 2 is 2.00 bits per heavy atom. The molecule has 0 saturated carbocycles. The van der Waals surface area contributed by atoms with E-state index < -0.39 is 0 Å². The normalized spacial score (nSPS) is 10.7. The molecule has 0 fully saturated rings.